The zero-order valence-corrected chi connectivity index (χ0v) is 14.7. The number of hydrogen-bond donors (Lipinski definition) is 1. The highest BCUT2D eigenvalue weighted by molar-refractivity contribution is 5.39. The van der Waals surface area contributed by atoms with E-state index in [0.717, 1.165) is 6.54 Å². The highest BCUT2D eigenvalue weighted by Gasteiger charge is 2.25. The Labute approximate surface area is 130 Å². The second-order valence-corrected chi connectivity index (χ2v) is 7.07. The number of aryl methyl sites for hydroxylation is 3. The van der Waals surface area contributed by atoms with Gasteiger partial charge in [0.05, 0.1) is 0 Å². The lowest BCUT2D eigenvalue weighted by molar-refractivity contribution is 0.149. The first-order chi connectivity index (χ1) is 9.90. The summed E-state index contributed by atoms with van der Waals surface area (Å²) >= 11 is 0. The van der Waals surface area contributed by atoms with Crippen molar-refractivity contribution < 1.29 is 0 Å². The van der Waals surface area contributed by atoms with Gasteiger partial charge in [0.25, 0.3) is 0 Å². The van der Waals surface area contributed by atoms with Crippen molar-refractivity contribution in [2.75, 3.05) is 13.1 Å². The van der Waals surface area contributed by atoms with E-state index in [0.29, 0.717) is 18.1 Å². The molecule has 0 aliphatic carbocycles. The van der Waals surface area contributed by atoms with Gasteiger partial charge in [0.15, 0.2) is 0 Å². The molecule has 1 fully saturated rings. The van der Waals surface area contributed by atoms with Crippen LogP contribution >= 0.6 is 0 Å². The van der Waals surface area contributed by atoms with Gasteiger partial charge in [0, 0.05) is 24.7 Å². The van der Waals surface area contributed by atoms with Crippen LogP contribution in [-0.4, -0.2) is 30.1 Å². The van der Waals surface area contributed by atoms with Gasteiger partial charge in [-0.1, -0.05) is 17.7 Å². The summed E-state index contributed by atoms with van der Waals surface area (Å²) in [5.41, 5.74) is 5.76. The first kappa shape index (κ1) is 16.5. The second-order valence-electron chi connectivity index (χ2n) is 7.07. The Balaban J connectivity index is 2.23. The van der Waals surface area contributed by atoms with Crippen LogP contribution < -0.4 is 5.32 Å². The fraction of sp³-hybridized carbons (Fsp3) is 0.684. The highest BCUT2D eigenvalue weighted by Crippen LogP contribution is 2.30. The Morgan fingerprint density at radius 3 is 2.24 bits per heavy atom. The fourth-order valence-electron chi connectivity index (χ4n) is 4.00. The van der Waals surface area contributed by atoms with Crippen LogP contribution in [0.3, 0.4) is 0 Å². The van der Waals surface area contributed by atoms with E-state index >= 15 is 0 Å². The van der Waals surface area contributed by atoms with Crippen LogP contribution in [0.5, 0.6) is 0 Å². The Bertz CT molecular complexity index is 449. The van der Waals surface area contributed by atoms with Gasteiger partial charge in [-0.15, -0.1) is 0 Å². The number of benzene rings is 1. The highest BCUT2D eigenvalue weighted by atomic mass is 15.2. The molecule has 118 valence electrons. The molecule has 1 aromatic rings. The van der Waals surface area contributed by atoms with Crippen molar-refractivity contribution >= 4 is 0 Å². The molecule has 2 unspecified atom stereocenters. The van der Waals surface area contributed by atoms with Crippen LogP contribution in [0.2, 0.25) is 0 Å². The molecule has 0 aromatic heterocycles. The van der Waals surface area contributed by atoms with Crippen molar-refractivity contribution in [2.24, 2.45) is 0 Å². The van der Waals surface area contributed by atoms with Crippen molar-refractivity contribution in [3.63, 3.8) is 0 Å². The molecule has 2 nitrogen and oxygen atoms in total. The molecule has 1 N–H and O–H groups in total. The molecule has 1 saturated heterocycles. The molecule has 0 radical (unpaired) electrons. The maximum Gasteiger partial charge on any atom is 0.0328 e. The van der Waals surface area contributed by atoms with Gasteiger partial charge in [-0.3, -0.25) is 4.90 Å². The maximum atomic E-state index is 3.64. The van der Waals surface area contributed by atoms with E-state index in [-0.39, 0.29) is 0 Å². The van der Waals surface area contributed by atoms with Crippen LogP contribution in [0.1, 0.15) is 61.9 Å². The van der Waals surface area contributed by atoms with E-state index in [1.54, 1.807) is 0 Å². The largest absolute Gasteiger partial charge is 0.313 e. The lowest BCUT2D eigenvalue weighted by Crippen LogP contribution is -2.42. The molecule has 2 atom stereocenters. The van der Waals surface area contributed by atoms with Gasteiger partial charge < -0.3 is 5.32 Å². The Morgan fingerprint density at radius 1 is 1.14 bits per heavy atom. The molecule has 2 rings (SSSR count). The summed E-state index contributed by atoms with van der Waals surface area (Å²) in [6.45, 7) is 16.1. The lowest BCUT2D eigenvalue weighted by Gasteiger charge is -2.36. The van der Waals surface area contributed by atoms with Gasteiger partial charge in [-0.2, -0.15) is 0 Å². The minimum atomic E-state index is 0.480. The molecular weight excluding hydrogens is 256 g/mol. The Hall–Kier alpha value is -0.860. The summed E-state index contributed by atoms with van der Waals surface area (Å²) < 4.78 is 0. The van der Waals surface area contributed by atoms with Crippen LogP contribution in [0.25, 0.3) is 0 Å². The second kappa shape index (κ2) is 6.93. The van der Waals surface area contributed by atoms with Crippen molar-refractivity contribution in [1.82, 2.24) is 10.2 Å². The first-order valence-electron chi connectivity index (χ1n) is 8.47. The van der Waals surface area contributed by atoms with Crippen molar-refractivity contribution in [1.29, 1.82) is 0 Å². The molecule has 1 aromatic carbocycles. The minimum Gasteiger partial charge on any atom is -0.313 e. The number of rotatable bonds is 5. The van der Waals surface area contributed by atoms with Gasteiger partial charge in [0.1, 0.15) is 0 Å². The fourth-order valence-corrected chi connectivity index (χ4v) is 4.00. The zero-order valence-electron chi connectivity index (χ0n) is 14.7. The molecule has 0 spiro atoms. The van der Waals surface area contributed by atoms with Crippen LogP contribution in [0, 0.1) is 20.8 Å². The van der Waals surface area contributed by atoms with Gasteiger partial charge >= 0.3 is 0 Å². The maximum absolute atomic E-state index is 3.64. The predicted octanol–water partition coefficient (Wildman–Crippen LogP) is 4.14. The molecule has 1 heterocycles. The molecule has 0 saturated carbocycles. The molecule has 1 aliphatic rings. The monoisotopic (exact) mass is 288 g/mol. The predicted molar refractivity (Wildman–Crippen MR) is 91.9 cm³/mol. The van der Waals surface area contributed by atoms with Crippen molar-refractivity contribution in [3.05, 3.63) is 34.4 Å². The molecule has 2 heteroatoms. The first-order valence-corrected chi connectivity index (χ1v) is 8.47. The molecular formula is C19H32N2. The van der Waals surface area contributed by atoms with Crippen molar-refractivity contribution in [2.45, 2.75) is 72.5 Å². The smallest absolute Gasteiger partial charge is 0.0328 e. The Kier molecular flexibility index (Phi) is 5.45. The van der Waals surface area contributed by atoms with E-state index in [1.807, 2.05) is 0 Å². The van der Waals surface area contributed by atoms with Gasteiger partial charge in [0.2, 0.25) is 0 Å². The van der Waals surface area contributed by atoms with E-state index in [2.05, 4.69) is 63.9 Å². The summed E-state index contributed by atoms with van der Waals surface area (Å²) in [6.07, 6.45) is 2.65. The Morgan fingerprint density at radius 2 is 1.76 bits per heavy atom. The average molecular weight is 288 g/mol. The summed E-state index contributed by atoms with van der Waals surface area (Å²) in [4.78, 5) is 2.66. The van der Waals surface area contributed by atoms with Crippen LogP contribution in [0.15, 0.2) is 12.1 Å². The molecule has 1 aliphatic heterocycles. The number of nitrogens with one attached hydrogen (secondary N) is 1. The lowest BCUT2D eigenvalue weighted by atomic mass is 9.93. The van der Waals surface area contributed by atoms with Gasteiger partial charge in [-0.05, 0) is 77.6 Å². The number of hydrogen-bond acceptors (Lipinski definition) is 2. The summed E-state index contributed by atoms with van der Waals surface area (Å²) in [5.74, 6) is 0. The average Bonchev–Trinajstić information content (AvgIpc) is 2.86. The summed E-state index contributed by atoms with van der Waals surface area (Å²) in [6, 6.07) is 6.37. The van der Waals surface area contributed by atoms with Crippen LogP contribution in [-0.2, 0) is 0 Å². The topological polar surface area (TPSA) is 15.3 Å². The zero-order chi connectivity index (χ0) is 15.6. The van der Waals surface area contributed by atoms with E-state index in [1.165, 1.54) is 41.6 Å². The summed E-state index contributed by atoms with van der Waals surface area (Å²) in [5, 5.41) is 3.64. The number of nitrogens with zero attached hydrogens (tertiary/aromatic N) is 1. The minimum absolute atomic E-state index is 0.480. The molecule has 21 heavy (non-hydrogen) atoms. The standard InChI is InChI=1S/C19H32N2/c1-13(2)21(12-18-8-7-9-20-18)17(6)19-15(4)10-14(3)11-16(19)5/h10-11,13,17-18,20H,7-9,12H2,1-6H3. The van der Waals surface area contributed by atoms with E-state index in [9.17, 15) is 0 Å². The van der Waals surface area contributed by atoms with E-state index in [4.69, 9.17) is 0 Å². The third-order valence-corrected chi connectivity index (χ3v) is 4.91. The molecule has 0 amide bonds. The SMILES string of the molecule is Cc1cc(C)c(C(C)N(CC2CCCN2)C(C)C)c(C)c1. The summed E-state index contributed by atoms with van der Waals surface area (Å²) in [7, 11) is 0. The van der Waals surface area contributed by atoms with Crippen LogP contribution in [0.4, 0.5) is 0 Å². The normalized spacial score (nSPS) is 20.5. The quantitative estimate of drug-likeness (QED) is 0.876. The third kappa shape index (κ3) is 3.87. The van der Waals surface area contributed by atoms with Crippen molar-refractivity contribution in [3.8, 4) is 0 Å². The van der Waals surface area contributed by atoms with E-state index < -0.39 is 0 Å². The van der Waals surface area contributed by atoms with Gasteiger partial charge in [-0.25, -0.2) is 0 Å². The molecule has 0 bridgehead atoms. The third-order valence-electron chi connectivity index (χ3n) is 4.91.